The van der Waals surface area contributed by atoms with E-state index in [4.69, 9.17) is 9.72 Å². The summed E-state index contributed by atoms with van der Waals surface area (Å²) in [6.07, 6.45) is 4.76. The van der Waals surface area contributed by atoms with Crippen LogP contribution in [0.2, 0.25) is 0 Å². The van der Waals surface area contributed by atoms with Crippen molar-refractivity contribution in [2.75, 3.05) is 13.1 Å². The van der Waals surface area contributed by atoms with Crippen LogP contribution in [0.25, 0.3) is 11.0 Å². The van der Waals surface area contributed by atoms with Gasteiger partial charge in [0.25, 0.3) is 0 Å². The van der Waals surface area contributed by atoms with Crippen molar-refractivity contribution in [3.8, 4) is 11.5 Å². The highest BCUT2D eigenvalue weighted by atomic mass is 16.5. The van der Waals surface area contributed by atoms with E-state index in [1.807, 2.05) is 48.9 Å². The normalized spacial score (nSPS) is 15.7. The summed E-state index contributed by atoms with van der Waals surface area (Å²) in [5.41, 5.74) is 4.23. The number of fused-ring (bicyclic) bond motifs is 1. The molecule has 1 N–H and O–H groups in total. The number of carbonyl (C=O) groups is 1. The lowest BCUT2D eigenvalue weighted by Gasteiger charge is -2.18. The van der Waals surface area contributed by atoms with Crippen LogP contribution in [0.1, 0.15) is 46.7 Å². The molecule has 0 aliphatic carbocycles. The van der Waals surface area contributed by atoms with Gasteiger partial charge in [-0.15, -0.1) is 0 Å². The van der Waals surface area contributed by atoms with Gasteiger partial charge in [-0.3, -0.25) is 4.90 Å². The number of hydrogen-bond donors (Lipinski definition) is 1. The number of para-hydroxylation sites is 1. The highest BCUT2D eigenvalue weighted by Gasteiger charge is 2.26. The number of likely N-dealkylation sites (tertiary alicyclic amines) is 1. The maximum atomic E-state index is 11.7. The minimum Gasteiger partial charge on any atom is -0.478 e. The number of benzene rings is 3. The van der Waals surface area contributed by atoms with Gasteiger partial charge in [0.15, 0.2) is 0 Å². The summed E-state index contributed by atoms with van der Waals surface area (Å²) in [6, 6.07) is 23.4. The van der Waals surface area contributed by atoms with Crippen molar-refractivity contribution >= 4 is 17.0 Å². The van der Waals surface area contributed by atoms with E-state index in [1.54, 1.807) is 18.2 Å². The largest absolute Gasteiger partial charge is 0.478 e. The zero-order valence-corrected chi connectivity index (χ0v) is 21.9. The zero-order valence-electron chi connectivity index (χ0n) is 21.9. The van der Waals surface area contributed by atoms with E-state index in [-0.39, 0.29) is 5.56 Å². The lowest BCUT2D eigenvalue weighted by atomic mass is 9.98. The monoisotopic (exact) mass is 521 g/mol. The molecule has 198 valence electrons. The predicted octanol–water partition coefficient (Wildman–Crippen LogP) is 5.78. The van der Waals surface area contributed by atoms with Gasteiger partial charge in [0.1, 0.15) is 17.3 Å². The van der Waals surface area contributed by atoms with Gasteiger partial charge in [0.2, 0.25) is 0 Å². The number of rotatable bonds is 9. The summed E-state index contributed by atoms with van der Waals surface area (Å²) in [6.45, 7) is 6.06. The van der Waals surface area contributed by atoms with Crippen molar-refractivity contribution in [2.24, 2.45) is 0 Å². The molecular weight excluding hydrogens is 490 g/mol. The van der Waals surface area contributed by atoms with E-state index < -0.39 is 5.97 Å². The van der Waals surface area contributed by atoms with Gasteiger partial charge in [-0.1, -0.05) is 30.3 Å². The summed E-state index contributed by atoms with van der Waals surface area (Å²) in [5.74, 6) is 2.07. The fourth-order valence-electron chi connectivity index (χ4n) is 5.43. The molecular formula is C31H31N5O3. The van der Waals surface area contributed by atoms with Crippen LogP contribution in [0, 0.1) is 0 Å². The summed E-state index contributed by atoms with van der Waals surface area (Å²) < 4.78 is 10.3. The van der Waals surface area contributed by atoms with Crippen molar-refractivity contribution in [1.29, 1.82) is 0 Å². The Kier molecular flexibility index (Phi) is 6.85. The first kappa shape index (κ1) is 24.9. The van der Waals surface area contributed by atoms with E-state index in [0.29, 0.717) is 19.0 Å². The second kappa shape index (κ2) is 10.7. The van der Waals surface area contributed by atoms with Gasteiger partial charge >= 0.3 is 5.97 Å². The van der Waals surface area contributed by atoms with Crippen molar-refractivity contribution in [3.05, 3.63) is 108 Å². The van der Waals surface area contributed by atoms with Crippen LogP contribution in [0.5, 0.6) is 11.5 Å². The number of aryl methyl sites for hydroxylation is 1. The number of carboxylic acids is 1. The number of hydrogen-bond acceptors (Lipinski definition) is 5. The van der Waals surface area contributed by atoms with Crippen LogP contribution in [0.4, 0.5) is 0 Å². The van der Waals surface area contributed by atoms with Gasteiger partial charge in [-0.25, -0.2) is 14.8 Å². The van der Waals surface area contributed by atoms with Crippen molar-refractivity contribution in [3.63, 3.8) is 0 Å². The summed E-state index contributed by atoms with van der Waals surface area (Å²) in [5, 5.41) is 9.59. The van der Waals surface area contributed by atoms with E-state index >= 15 is 0 Å². The SMILES string of the molecule is CCn1cncc1Cn1c(CN2CCC(c3cccc(Oc4ccccc4)c3)C2)nc2ccc(C(=O)O)cc21. The van der Waals surface area contributed by atoms with Crippen LogP contribution in [-0.2, 0) is 19.6 Å². The minimum atomic E-state index is -0.939. The van der Waals surface area contributed by atoms with Gasteiger partial charge in [-0.2, -0.15) is 0 Å². The van der Waals surface area contributed by atoms with E-state index in [1.165, 1.54) is 5.56 Å². The molecule has 0 spiro atoms. The van der Waals surface area contributed by atoms with Gasteiger partial charge in [0.05, 0.1) is 41.7 Å². The Labute approximate surface area is 227 Å². The molecule has 0 bridgehead atoms. The number of nitrogens with zero attached hydrogens (tertiary/aromatic N) is 5. The molecule has 1 atom stereocenters. The lowest BCUT2D eigenvalue weighted by molar-refractivity contribution is 0.0697. The fourth-order valence-corrected chi connectivity index (χ4v) is 5.43. The Morgan fingerprint density at radius 3 is 2.69 bits per heavy atom. The van der Waals surface area contributed by atoms with Crippen molar-refractivity contribution in [2.45, 2.75) is 38.9 Å². The Morgan fingerprint density at radius 1 is 1.03 bits per heavy atom. The molecule has 1 aliphatic rings. The van der Waals surface area contributed by atoms with Crippen LogP contribution in [0.3, 0.4) is 0 Å². The van der Waals surface area contributed by atoms with Crippen LogP contribution in [0.15, 0.2) is 85.3 Å². The quantitative estimate of drug-likeness (QED) is 0.265. The average molecular weight is 522 g/mol. The molecule has 1 saturated heterocycles. The topological polar surface area (TPSA) is 85.4 Å². The molecule has 0 saturated carbocycles. The van der Waals surface area contributed by atoms with E-state index in [0.717, 1.165) is 60.1 Å². The first-order chi connectivity index (χ1) is 19.1. The van der Waals surface area contributed by atoms with Crippen molar-refractivity contribution < 1.29 is 14.6 Å². The number of carboxylic acid groups (broad SMARTS) is 1. The molecule has 0 radical (unpaired) electrons. The summed E-state index contributed by atoms with van der Waals surface area (Å²) in [4.78, 5) is 23.4. The third kappa shape index (κ3) is 5.28. The summed E-state index contributed by atoms with van der Waals surface area (Å²) in [7, 11) is 0. The molecule has 1 fully saturated rings. The molecule has 1 unspecified atom stereocenters. The Morgan fingerprint density at radius 2 is 1.87 bits per heavy atom. The average Bonchev–Trinajstić information content (AvgIpc) is 3.69. The maximum Gasteiger partial charge on any atom is 0.335 e. The smallest absolute Gasteiger partial charge is 0.335 e. The van der Waals surface area contributed by atoms with Gasteiger partial charge in [-0.05, 0) is 73.8 Å². The first-order valence-electron chi connectivity index (χ1n) is 13.3. The number of ether oxygens (including phenoxy) is 1. The van der Waals surface area contributed by atoms with Crippen LogP contribution in [-0.4, -0.2) is 48.2 Å². The number of aromatic carboxylic acids is 1. The summed E-state index contributed by atoms with van der Waals surface area (Å²) >= 11 is 0. The van der Waals surface area contributed by atoms with E-state index in [9.17, 15) is 9.90 Å². The van der Waals surface area contributed by atoms with Crippen LogP contribution >= 0.6 is 0 Å². The highest BCUT2D eigenvalue weighted by Crippen LogP contribution is 2.32. The minimum absolute atomic E-state index is 0.262. The van der Waals surface area contributed by atoms with E-state index in [2.05, 4.69) is 44.1 Å². The third-order valence-corrected chi connectivity index (χ3v) is 7.48. The zero-order chi connectivity index (χ0) is 26.8. The fraction of sp³-hybridized carbons (Fsp3) is 0.258. The Bertz CT molecular complexity index is 1610. The molecule has 3 aromatic carbocycles. The molecule has 8 nitrogen and oxygen atoms in total. The Hall–Kier alpha value is -4.43. The maximum absolute atomic E-state index is 11.7. The number of imidazole rings is 2. The van der Waals surface area contributed by atoms with Gasteiger partial charge in [0, 0.05) is 19.3 Å². The molecule has 8 heteroatoms. The molecule has 2 aromatic heterocycles. The molecule has 6 rings (SSSR count). The predicted molar refractivity (Wildman–Crippen MR) is 149 cm³/mol. The highest BCUT2D eigenvalue weighted by molar-refractivity contribution is 5.92. The van der Waals surface area contributed by atoms with Crippen molar-refractivity contribution in [1.82, 2.24) is 24.0 Å². The van der Waals surface area contributed by atoms with Crippen LogP contribution < -0.4 is 4.74 Å². The molecule has 0 amide bonds. The standard InChI is InChI=1S/C31H31N5O3/c1-2-35-21-32-17-25(35)19-36-29-16-23(31(37)38)11-12-28(29)33-30(36)20-34-14-13-24(18-34)22-7-6-10-27(15-22)39-26-8-4-3-5-9-26/h3-12,15-17,21,24H,2,13-14,18-20H2,1H3,(H,37,38). The van der Waals surface area contributed by atoms with Gasteiger partial charge < -0.3 is 19.0 Å². The first-order valence-corrected chi connectivity index (χ1v) is 13.3. The number of aromatic nitrogens is 4. The molecule has 5 aromatic rings. The third-order valence-electron chi connectivity index (χ3n) is 7.48. The lowest BCUT2D eigenvalue weighted by Crippen LogP contribution is -2.23. The molecule has 3 heterocycles. The Balaban J connectivity index is 1.24. The second-order valence-electron chi connectivity index (χ2n) is 10.0. The molecule has 1 aliphatic heterocycles. The second-order valence-corrected chi connectivity index (χ2v) is 10.0. The molecule has 39 heavy (non-hydrogen) atoms.